The van der Waals surface area contributed by atoms with Crippen LogP contribution in [0.15, 0.2) is 30.0 Å². The molecule has 0 saturated heterocycles. The molecule has 5 nitrogen and oxygen atoms in total. The zero-order valence-electron chi connectivity index (χ0n) is 25.2. The monoisotopic (exact) mass is 532 g/mol. The fourth-order valence-electron chi connectivity index (χ4n) is 5.01. The van der Waals surface area contributed by atoms with Crippen LogP contribution in [0.1, 0.15) is 124 Å². The summed E-state index contributed by atoms with van der Waals surface area (Å²) in [4.78, 5) is 12.4. The predicted octanol–water partition coefficient (Wildman–Crippen LogP) is 9.50. The van der Waals surface area contributed by atoms with E-state index in [1.165, 1.54) is 12.8 Å². The molecule has 218 valence electrons. The molecule has 0 bridgehead atoms. The molecule has 0 amide bonds. The van der Waals surface area contributed by atoms with Crippen molar-refractivity contribution in [2.75, 3.05) is 19.8 Å². The van der Waals surface area contributed by atoms with Gasteiger partial charge < -0.3 is 19.3 Å². The van der Waals surface area contributed by atoms with Gasteiger partial charge in [-0.3, -0.25) is 0 Å². The van der Waals surface area contributed by atoms with E-state index in [9.17, 15) is 9.90 Å². The molecule has 1 rings (SSSR count). The zero-order chi connectivity index (χ0) is 28.2. The molecule has 0 fully saturated rings. The lowest BCUT2D eigenvalue weighted by Gasteiger charge is -2.19. The Morgan fingerprint density at radius 1 is 0.684 bits per heavy atom. The number of carboxylic acid groups (broad SMARTS) is 1. The van der Waals surface area contributed by atoms with Gasteiger partial charge in [0.1, 0.15) is 5.75 Å². The average molecular weight is 533 g/mol. The Hall–Kier alpha value is -2.17. The van der Waals surface area contributed by atoms with Gasteiger partial charge in [0.15, 0.2) is 5.76 Å². The van der Waals surface area contributed by atoms with Crippen molar-refractivity contribution in [3.63, 3.8) is 0 Å². The summed E-state index contributed by atoms with van der Waals surface area (Å²) in [5, 5.41) is 10.1. The molecule has 1 aromatic rings. The van der Waals surface area contributed by atoms with Crippen molar-refractivity contribution in [2.24, 2.45) is 17.8 Å². The summed E-state index contributed by atoms with van der Waals surface area (Å²) in [5.74, 6) is 1.72. The molecule has 1 N–H and O–H groups in total. The second kappa shape index (κ2) is 20.7. The summed E-state index contributed by atoms with van der Waals surface area (Å²) in [7, 11) is 0. The van der Waals surface area contributed by atoms with Crippen LogP contribution in [0.3, 0.4) is 0 Å². The van der Waals surface area contributed by atoms with Gasteiger partial charge in [0.05, 0.1) is 25.4 Å². The van der Waals surface area contributed by atoms with Crippen molar-refractivity contribution in [3.8, 4) is 5.75 Å². The highest BCUT2D eigenvalue weighted by atomic mass is 16.5. The van der Waals surface area contributed by atoms with Gasteiger partial charge in [0, 0.05) is 0 Å². The number of rotatable bonds is 23. The SMILES string of the molecule is CCC(CC)CCCOC(C(=O)O)=C(OCCCC(CC)CC)c1ccccc1OCCCC(CC)CC. The summed E-state index contributed by atoms with van der Waals surface area (Å²) in [5.41, 5.74) is 0.648. The summed E-state index contributed by atoms with van der Waals surface area (Å²) in [6, 6.07) is 7.59. The number of hydrogen-bond donors (Lipinski definition) is 1. The molecule has 0 aliphatic carbocycles. The van der Waals surface area contributed by atoms with E-state index in [1.807, 2.05) is 24.3 Å². The van der Waals surface area contributed by atoms with Gasteiger partial charge in [-0.1, -0.05) is 92.2 Å². The Kier molecular flexibility index (Phi) is 18.5. The van der Waals surface area contributed by atoms with Crippen molar-refractivity contribution in [1.29, 1.82) is 0 Å². The van der Waals surface area contributed by atoms with Gasteiger partial charge in [-0.2, -0.15) is 0 Å². The van der Waals surface area contributed by atoms with Crippen LogP contribution in [0.5, 0.6) is 5.75 Å². The van der Waals surface area contributed by atoms with Gasteiger partial charge in [-0.25, -0.2) is 4.79 Å². The molecule has 0 aliphatic heterocycles. The number of hydrogen-bond acceptors (Lipinski definition) is 4. The van der Waals surface area contributed by atoms with Crippen LogP contribution in [0.4, 0.5) is 0 Å². The van der Waals surface area contributed by atoms with Crippen molar-refractivity contribution in [3.05, 3.63) is 35.6 Å². The quantitative estimate of drug-likeness (QED) is 0.0863. The third kappa shape index (κ3) is 12.6. The number of aliphatic carboxylic acids is 1. The van der Waals surface area contributed by atoms with Gasteiger partial charge >= 0.3 is 5.97 Å². The predicted molar refractivity (Wildman–Crippen MR) is 158 cm³/mol. The Balaban J connectivity index is 3.11. The molecule has 0 atom stereocenters. The molecular formula is C33H56O5. The van der Waals surface area contributed by atoms with Crippen LogP contribution >= 0.6 is 0 Å². The second-order valence-electron chi connectivity index (χ2n) is 10.5. The fourth-order valence-corrected chi connectivity index (χ4v) is 5.01. The Labute approximate surface area is 233 Å². The highest BCUT2D eigenvalue weighted by molar-refractivity contribution is 5.93. The first kappa shape index (κ1) is 33.9. The normalized spacial score (nSPS) is 12.2. The first-order chi connectivity index (χ1) is 18.4. The van der Waals surface area contributed by atoms with E-state index in [1.54, 1.807) is 0 Å². The van der Waals surface area contributed by atoms with E-state index < -0.39 is 5.97 Å². The maximum atomic E-state index is 12.4. The zero-order valence-corrected chi connectivity index (χ0v) is 25.2. The van der Waals surface area contributed by atoms with Crippen LogP contribution in [-0.4, -0.2) is 30.9 Å². The Morgan fingerprint density at radius 2 is 1.13 bits per heavy atom. The minimum Gasteiger partial charge on any atom is -0.493 e. The smallest absolute Gasteiger partial charge is 0.375 e. The molecule has 0 spiro atoms. The molecule has 0 unspecified atom stereocenters. The lowest BCUT2D eigenvalue weighted by atomic mass is 9.98. The van der Waals surface area contributed by atoms with Crippen molar-refractivity contribution < 1.29 is 24.1 Å². The van der Waals surface area contributed by atoms with Crippen LogP contribution in [0.2, 0.25) is 0 Å². The van der Waals surface area contributed by atoms with E-state index in [2.05, 4.69) is 41.5 Å². The molecule has 0 aliphatic rings. The largest absolute Gasteiger partial charge is 0.493 e. The number of para-hydroxylation sites is 1. The molecule has 0 aromatic heterocycles. The van der Waals surface area contributed by atoms with E-state index in [0.717, 1.165) is 70.1 Å². The van der Waals surface area contributed by atoms with Crippen LogP contribution in [-0.2, 0) is 14.3 Å². The minimum atomic E-state index is -1.11. The summed E-state index contributed by atoms with van der Waals surface area (Å²) in [6.45, 7) is 14.7. The van der Waals surface area contributed by atoms with Crippen molar-refractivity contribution in [1.82, 2.24) is 0 Å². The van der Waals surface area contributed by atoms with Gasteiger partial charge in [0.25, 0.3) is 0 Å². The average Bonchev–Trinajstić information content (AvgIpc) is 2.94. The van der Waals surface area contributed by atoms with Gasteiger partial charge in [-0.05, 0) is 68.4 Å². The third-order valence-corrected chi connectivity index (χ3v) is 8.02. The summed E-state index contributed by atoms with van der Waals surface area (Å²) >= 11 is 0. The van der Waals surface area contributed by atoms with Gasteiger partial charge in [0.2, 0.25) is 5.76 Å². The van der Waals surface area contributed by atoms with Gasteiger partial charge in [-0.15, -0.1) is 0 Å². The number of carbonyl (C=O) groups is 1. The Bertz CT molecular complexity index is 775. The lowest BCUT2D eigenvalue weighted by Crippen LogP contribution is -2.13. The molecule has 0 saturated carbocycles. The standard InChI is InChI=1S/C33H56O5/c1-7-26(8-2)18-15-23-36-30-22-14-13-21-29(30)31(37-24-16-19-27(9-3)10-4)32(33(34)35)38-25-17-20-28(11-5)12-6/h13-14,21-22,26-28H,7-12,15-20,23-25H2,1-6H3,(H,34,35). The molecule has 0 radical (unpaired) electrons. The fraction of sp³-hybridized carbons (Fsp3) is 0.727. The molecule has 38 heavy (non-hydrogen) atoms. The van der Waals surface area contributed by atoms with E-state index in [-0.39, 0.29) is 11.5 Å². The minimum absolute atomic E-state index is 0.120. The van der Waals surface area contributed by atoms with Crippen molar-refractivity contribution >= 4 is 11.7 Å². The molecule has 1 aromatic carbocycles. The second-order valence-corrected chi connectivity index (χ2v) is 10.5. The van der Waals surface area contributed by atoms with E-state index in [4.69, 9.17) is 14.2 Å². The maximum Gasteiger partial charge on any atom is 0.375 e. The number of ether oxygens (including phenoxy) is 3. The third-order valence-electron chi connectivity index (χ3n) is 8.02. The van der Waals surface area contributed by atoms with Crippen LogP contribution in [0, 0.1) is 17.8 Å². The lowest BCUT2D eigenvalue weighted by molar-refractivity contribution is -0.136. The van der Waals surface area contributed by atoms with Crippen LogP contribution < -0.4 is 4.74 Å². The first-order valence-corrected chi connectivity index (χ1v) is 15.4. The molecule has 0 heterocycles. The van der Waals surface area contributed by atoms with Crippen LogP contribution in [0.25, 0.3) is 5.76 Å². The summed E-state index contributed by atoms with van der Waals surface area (Å²) in [6.07, 6.45) is 12.8. The Morgan fingerprint density at radius 3 is 1.61 bits per heavy atom. The topological polar surface area (TPSA) is 65.0 Å². The maximum absolute atomic E-state index is 12.4. The molecule has 5 heteroatoms. The highest BCUT2D eigenvalue weighted by Crippen LogP contribution is 2.31. The first-order valence-electron chi connectivity index (χ1n) is 15.4. The number of benzene rings is 1. The van der Waals surface area contributed by atoms with E-state index >= 15 is 0 Å². The van der Waals surface area contributed by atoms with E-state index in [0.29, 0.717) is 43.0 Å². The highest BCUT2D eigenvalue weighted by Gasteiger charge is 2.23. The van der Waals surface area contributed by atoms with Crippen molar-refractivity contribution in [2.45, 2.75) is 119 Å². The summed E-state index contributed by atoms with van der Waals surface area (Å²) < 4.78 is 18.3. The number of carboxylic acids is 1. The molecular weight excluding hydrogens is 476 g/mol.